The SMILES string of the molecule is CN(C)C1(C)C(=O)N=CN1c1cccc2[nH]ccc12. The highest BCUT2D eigenvalue weighted by atomic mass is 16.2. The molecule has 98 valence electrons. The summed E-state index contributed by atoms with van der Waals surface area (Å²) in [6.07, 6.45) is 3.51. The van der Waals surface area contributed by atoms with Crippen molar-refractivity contribution in [2.24, 2.45) is 4.99 Å². The van der Waals surface area contributed by atoms with Crippen LogP contribution in [0.3, 0.4) is 0 Å². The number of aliphatic imine (C=N–C) groups is 1. The summed E-state index contributed by atoms with van der Waals surface area (Å²) in [4.78, 5) is 23.1. The molecule has 0 radical (unpaired) electrons. The summed E-state index contributed by atoms with van der Waals surface area (Å²) in [5, 5.41) is 1.08. The smallest absolute Gasteiger partial charge is 0.288 e. The van der Waals surface area contributed by atoms with Crippen LogP contribution in [0.25, 0.3) is 10.9 Å². The number of nitrogens with zero attached hydrogens (tertiary/aromatic N) is 3. The highest BCUT2D eigenvalue weighted by Crippen LogP contribution is 2.34. The molecule has 1 N–H and O–H groups in total. The summed E-state index contributed by atoms with van der Waals surface area (Å²) >= 11 is 0. The van der Waals surface area contributed by atoms with Gasteiger partial charge in [-0.05, 0) is 39.2 Å². The van der Waals surface area contributed by atoms with Crippen LogP contribution in [0.1, 0.15) is 6.92 Å². The van der Waals surface area contributed by atoms with Gasteiger partial charge in [-0.25, -0.2) is 4.99 Å². The van der Waals surface area contributed by atoms with E-state index in [0.717, 1.165) is 16.6 Å². The lowest BCUT2D eigenvalue weighted by molar-refractivity contribution is -0.125. The Hall–Kier alpha value is -2.14. The van der Waals surface area contributed by atoms with Gasteiger partial charge in [0.05, 0.1) is 5.69 Å². The first kappa shape index (κ1) is 11.9. The number of aromatic nitrogens is 1. The van der Waals surface area contributed by atoms with E-state index in [9.17, 15) is 4.79 Å². The van der Waals surface area contributed by atoms with Gasteiger partial charge in [0.1, 0.15) is 6.34 Å². The third-order valence-corrected chi connectivity index (χ3v) is 3.87. The average molecular weight is 256 g/mol. The molecule has 1 aliphatic heterocycles. The molecule has 0 saturated carbocycles. The van der Waals surface area contributed by atoms with E-state index in [4.69, 9.17) is 0 Å². The van der Waals surface area contributed by atoms with Crippen LogP contribution in [-0.4, -0.2) is 41.9 Å². The first-order valence-corrected chi connectivity index (χ1v) is 6.16. The van der Waals surface area contributed by atoms with Gasteiger partial charge in [-0.3, -0.25) is 9.69 Å². The van der Waals surface area contributed by atoms with Crippen LogP contribution < -0.4 is 4.90 Å². The van der Waals surface area contributed by atoms with Gasteiger partial charge in [-0.1, -0.05) is 6.07 Å². The van der Waals surface area contributed by atoms with Gasteiger partial charge in [0.15, 0.2) is 5.66 Å². The zero-order valence-electron chi connectivity index (χ0n) is 11.2. The number of hydrogen-bond acceptors (Lipinski definition) is 3. The zero-order valence-corrected chi connectivity index (χ0v) is 11.2. The van der Waals surface area contributed by atoms with E-state index in [1.165, 1.54) is 0 Å². The van der Waals surface area contributed by atoms with E-state index in [0.29, 0.717) is 0 Å². The van der Waals surface area contributed by atoms with Gasteiger partial charge in [0.25, 0.3) is 5.91 Å². The van der Waals surface area contributed by atoms with E-state index >= 15 is 0 Å². The van der Waals surface area contributed by atoms with Gasteiger partial charge < -0.3 is 9.88 Å². The summed E-state index contributed by atoms with van der Waals surface area (Å²) in [6, 6.07) is 8.00. The molecule has 1 aromatic carbocycles. The van der Waals surface area contributed by atoms with Crippen molar-refractivity contribution in [1.29, 1.82) is 0 Å². The van der Waals surface area contributed by atoms with Gasteiger partial charge >= 0.3 is 0 Å². The molecule has 1 aromatic heterocycles. The first-order valence-electron chi connectivity index (χ1n) is 6.16. The van der Waals surface area contributed by atoms with E-state index in [1.54, 1.807) is 6.34 Å². The lowest BCUT2D eigenvalue weighted by atomic mass is 10.1. The minimum atomic E-state index is -0.772. The number of hydrogen-bond donors (Lipinski definition) is 1. The first-order chi connectivity index (χ1) is 9.05. The maximum atomic E-state index is 12.1. The number of anilines is 1. The number of carbonyl (C=O) groups is 1. The topological polar surface area (TPSA) is 51.7 Å². The molecule has 3 rings (SSSR count). The van der Waals surface area contributed by atoms with Crippen molar-refractivity contribution in [2.75, 3.05) is 19.0 Å². The van der Waals surface area contributed by atoms with Crippen LogP contribution in [0.15, 0.2) is 35.5 Å². The van der Waals surface area contributed by atoms with Crippen molar-refractivity contribution in [3.05, 3.63) is 30.5 Å². The summed E-state index contributed by atoms with van der Waals surface area (Å²) in [5.41, 5.74) is 1.25. The zero-order chi connectivity index (χ0) is 13.6. The minimum Gasteiger partial charge on any atom is -0.361 e. The van der Waals surface area contributed by atoms with Gasteiger partial charge in [0.2, 0.25) is 0 Å². The highest BCUT2D eigenvalue weighted by Gasteiger charge is 2.45. The molecular weight excluding hydrogens is 240 g/mol. The van der Waals surface area contributed by atoms with Crippen LogP contribution in [0.4, 0.5) is 5.69 Å². The molecule has 0 aliphatic carbocycles. The number of amides is 1. The Bertz CT molecular complexity index is 673. The molecule has 1 amide bonds. The van der Waals surface area contributed by atoms with E-state index in [2.05, 4.69) is 9.98 Å². The molecule has 2 aromatic rings. The van der Waals surface area contributed by atoms with E-state index < -0.39 is 5.66 Å². The van der Waals surface area contributed by atoms with Crippen molar-refractivity contribution in [1.82, 2.24) is 9.88 Å². The molecule has 5 heteroatoms. The number of fused-ring (bicyclic) bond motifs is 1. The van der Waals surface area contributed by atoms with Crippen molar-refractivity contribution in [3.8, 4) is 0 Å². The summed E-state index contributed by atoms with van der Waals surface area (Å²) in [6.45, 7) is 1.88. The van der Waals surface area contributed by atoms with Crippen LogP contribution >= 0.6 is 0 Å². The lowest BCUT2D eigenvalue weighted by Gasteiger charge is -2.38. The Labute approximate surface area is 111 Å². The molecule has 1 aliphatic rings. The van der Waals surface area contributed by atoms with Crippen molar-refractivity contribution in [3.63, 3.8) is 0 Å². The molecule has 2 heterocycles. The number of aromatic amines is 1. The number of rotatable bonds is 2. The molecular formula is C14H16N4O. The van der Waals surface area contributed by atoms with Crippen LogP contribution in [-0.2, 0) is 4.79 Å². The predicted molar refractivity (Wildman–Crippen MR) is 76.4 cm³/mol. The number of benzene rings is 1. The minimum absolute atomic E-state index is 0.148. The Morgan fingerprint density at radius 1 is 1.32 bits per heavy atom. The third-order valence-electron chi connectivity index (χ3n) is 3.87. The highest BCUT2D eigenvalue weighted by molar-refractivity contribution is 6.11. The average Bonchev–Trinajstić information content (AvgIpc) is 2.96. The van der Waals surface area contributed by atoms with Crippen molar-refractivity contribution < 1.29 is 4.79 Å². The molecule has 0 spiro atoms. The Morgan fingerprint density at radius 3 is 2.84 bits per heavy atom. The van der Waals surface area contributed by atoms with Crippen molar-refractivity contribution in [2.45, 2.75) is 12.6 Å². The molecule has 0 fully saturated rings. The lowest BCUT2D eigenvalue weighted by Crippen LogP contribution is -2.57. The second kappa shape index (κ2) is 3.93. The predicted octanol–water partition coefficient (Wildman–Crippen LogP) is 1.82. The maximum absolute atomic E-state index is 12.1. The Kier molecular flexibility index (Phi) is 2.46. The van der Waals surface area contributed by atoms with Crippen LogP contribution in [0.5, 0.6) is 0 Å². The fraction of sp³-hybridized carbons (Fsp3) is 0.286. The molecule has 5 nitrogen and oxygen atoms in total. The molecule has 1 unspecified atom stereocenters. The van der Waals surface area contributed by atoms with Gasteiger partial charge in [-0.15, -0.1) is 0 Å². The Balaban J connectivity index is 2.19. The van der Waals surface area contributed by atoms with E-state index in [1.807, 2.05) is 61.3 Å². The number of carbonyl (C=O) groups excluding carboxylic acids is 1. The molecule has 1 atom stereocenters. The Morgan fingerprint density at radius 2 is 2.11 bits per heavy atom. The number of likely N-dealkylation sites (N-methyl/N-ethyl adjacent to an activating group) is 1. The van der Waals surface area contributed by atoms with Gasteiger partial charge in [0, 0.05) is 17.1 Å². The van der Waals surface area contributed by atoms with Crippen LogP contribution in [0, 0.1) is 0 Å². The van der Waals surface area contributed by atoms with Crippen LogP contribution in [0.2, 0.25) is 0 Å². The summed E-state index contributed by atoms with van der Waals surface area (Å²) in [7, 11) is 3.77. The number of H-pyrrole nitrogens is 1. The van der Waals surface area contributed by atoms with Crippen molar-refractivity contribution >= 4 is 28.8 Å². The normalized spacial score (nSPS) is 22.9. The number of nitrogens with one attached hydrogen (secondary N) is 1. The largest absolute Gasteiger partial charge is 0.361 e. The third kappa shape index (κ3) is 1.51. The quantitative estimate of drug-likeness (QED) is 0.891. The molecule has 0 saturated heterocycles. The molecule has 0 bridgehead atoms. The monoisotopic (exact) mass is 256 g/mol. The second-order valence-electron chi connectivity index (χ2n) is 5.05. The fourth-order valence-corrected chi connectivity index (χ4v) is 2.43. The standard InChI is InChI=1S/C14H16N4O/c1-14(17(2)3)13(19)16-9-18(14)12-6-4-5-11-10(12)7-8-15-11/h4-9,15H,1-3H3. The fourth-order valence-electron chi connectivity index (χ4n) is 2.43. The van der Waals surface area contributed by atoms with E-state index in [-0.39, 0.29) is 5.91 Å². The summed E-state index contributed by atoms with van der Waals surface area (Å²) in [5.74, 6) is -0.148. The van der Waals surface area contributed by atoms with Gasteiger partial charge in [-0.2, -0.15) is 0 Å². The molecule has 19 heavy (non-hydrogen) atoms. The maximum Gasteiger partial charge on any atom is 0.288 e. The summed E-state index contributed by atoms with van der Waals surface area (Å²) < 4.78 is 0. The second-order valence-corrected chi connectivity index (χ2v) is 5.05.